The van der Waals surface area contributed by atoms with Crippen molar-refractivity contribution in [2.75, 3.05) is 19.7 Å². The van der Waals surface area contributed by atoms with Crippen molar-refractivity contribution in [1.29, 1.82) is 0 Å². The Hall–Kier alpha value is -2.04. The molecular formula is C18H25NO4. The van der Waals surface area contributed by atoms with Crippen molar-refractivity contribution in [2.24, 2.45) is 11.8 Å². The number of unbranched alkanes of at least 4 members (excludes halogenated alkanes) is 1. The number of amides is 1. The molecule has 0 bridgehead atoms. The van der Waals surface area contributed by atoms with E-state index in [2.05, 4.69) is 6.92 Å². The summed E-state index contributed by atoms with van der Waals surface area (Å²) in [6.07, 6.45) is 2.61. The van der Waals surface area contributed by atoms with Gasteiger partial charge < -0.3 is 14.7 Å². The number of carboxylic acid groups (broad SMARTS) is 1. The van der Waals surface area contributed by atoms with Crippen LogP contribution in [0, 0.1) is 11.8 Å². The SMILES string of the molecule is CCCCOc1ccc(C(=O)N2CCC(C(=O)O)C(C)C2)cc1. The Morgan fingerprint density at radius 2 is 2.00 bits per heavy atom. The lowest BCUT2D eigenvalue weighted by molar-refractivity contribution is -0.145. The topological polar surface area (TPSA) is 66.8 Å². The van der Waals surface area contributed by atoms with E-state index in [0.717, 1.165) is 18.6 Å². The second-order valence-corrected chi connectivity index (χ2v) is 6.19. The number of piperidine rings is 1. The zero-order valence-electron chi connectivity index (χ0n) is 13.8. The van der Waals surface area contributed by atoms with Gasteiger partial charge in [0.2, 0.25) is 0 Å². The molecule has 1 aromatic carbocycles. The summed E-state index contributed by atoms with van der Waals surface area (Å²) >= 11 is 0. The maximum Gasteiger partial charge on any atom is 0.306 e. The van der Waals surface area contributed by atoms with Crippen LogP contribution < -0.4 is 4.74 Å². The number of hydrogen-bond donors (Lipinski definition) is 1. The van der Waals surface area contributed by atoms with Crippen molar-refractivity contribution in [3.05, 3.63) is 29.8 Å². The smallest absolute Gasteiger partial charge is 0.306 e. The van der Waals surface area contributed by atoms with Crippen molar-refractivity contribution in [2.45, 2.75) is 33.1 Å². The van der Waals surface area contributed by atoms with Crippen LogP contribution in [-0.2, 0) is 4.79 Å². The standard InChI is InChI=1S/C18H25NO4/c1-3-4-11-23-15-7-5-14(6-8-15)17(20)19-10-9-16(18(21)22)13(2)12-19/h5-8,13,16H,3-4,9-12H2,1-2H3,(H,21,22). The molecule has 1 amide bonds. The predicted octanol–water partition coefficient (Wildman–Crippen LogP) is 3.05. The van der Waals surface area contributed by atoms with Crippen LogP contribution in [0.2, 0.25) is 0 Å². The maximum absolute atomic E-state index is 12.5. The van der Waals surface area contributed by atoms with Gasteiger partial charge in [0.25, 0.3) is 5.91 Å². The fraction of sp³-hybridized carbons (Fsp3) is 0.556. The second-order valence-electron chi connectivity index (χ2n) is 6.19. The molecule has 0 spiro atoms. The summed E-state index contributed by atoms with van der Waals surface area (Å²) in [5.74, 6) is -0.415. The molecule has 1 fully saturated rings. The third-order valence-corrected chi connectivity index (χ3v) is 4.38. The predicted molar refractivity (Wildman–Crippen MR) is 87.7 cm³/mol. The number of carbonyl (C=O) groups is 2. The van der Waals surface area contributed by atoms with Gasteiger partial charge in [-0.2, -0.15) is 0 Å². The molecule has 5 heteroatoms. The number of carbonyl (C=O) groups excluding carboxylic acids is 1. The lowest BCUT2D eigenvalue weighted by atomic mass is 9.87. The first kappa shape index (κ1) is 17.3. The van der Waals surface area contributed by atoms with Gasteiger partial charge in [0.15, 0.2) is 0 Å². The Balaban J connectivity index is 1.94. The number of likely N-dealkylation sites (tertiary alicyclic amines) is 1. The normalized spacial score (nSPS) is 21.0. The molecule has 2 unspecified atom stereocenters. The van der Waals surface area contributed by atoms with Crippen LogP contribution in [0.5, 0.6) is 5.75 Å². The number of ether oxygens (including phenoxy) is 1. The van der Waals surface area contributed by atoms with Crippen LogP contribution in [0.3, 0.4) is 0 Å². The van der Waals surface area contributed by atoms with E-state index in [1.165, 1.54) is 0 Å². The van der Waals surface area contributed by atoms with Gasteiger partial charge in [0.05, 0.1) is 12.5 Å². The van der Waals surface area contributed by atoms with E-state index in [-0.39, 0.29) is 17.7 Å². The average molecular weight is 319 g/mol. The molecule has 2 atom stereocenters. The summed E-state index contributed by atoms with van der Waals surface area (Å²) in [4.78, 5) is 25.4. The van der Waals surface area contributed by atoms with Gasteiger partial charge in [-0.15, -0.1) is 0 Å². The van der Waals surface area contributed by atoms with E-state index in [4.69, 9.17) is 9.84 Å². The van der Waals surface area contributed by atoms with Crippen molar-refractivity contribution in [3.8, 4) is 5.75 Å². The fourth-order valence-electron chi connectivity index (χ4n) is 2.91. The van der Waals surface area contributed by atoms with E-state index >= 15 is 0 Å². The number of carboxylic acids is 1. The van der Waals surface area contributed by atoms with Gasteiger partial charge in [0, 0.05) is 18.7 Å². The minimum atomic E-state index is -0.766. The third-order valence-electron chi connectivity index (χ3n) is 4.38. The third kappa shape index (κ3) is 4.47. The molecule has 0 aliphatic carbocycles. The van der Waals surface area contributed by atoms with E-state index in [9.17, 15) is 9.59 Å². The summed E-state index contributed by atoms with van der Waals surface area (Å²) in [6.45, 7) is 5.67. The molecule has 1 saturated heterocycles. The van der Waals surface area contributed by atoms with Crippen LogP contribution in [0.25, 0.3) is 0 Å². The number of aliphatic carboxylic acids is 1. The second kappa shape index (κ2) is 7.99. The molecule has 2 rings (SSSR count). The summed E-state index contributed by atoms with van der Waals surface area (Å²) in [6, 6.07) is 7.18. The number of rotatable bonds is 6. The van der Waals surface area contributed by atoms with Crippen molar-refractivity contribution in [1.82, 2.24) is 4.90 Å². The molecule has 5 nitrogen and oxygen atoms in total. The van der Waals surface area contributed by atoms with Crippen LogP contribution in [0.4, 0.5) is 0 Å². The molecule has 0 saturated carbocycles. The van der Waals surface area contributed by atoms with Gasteiger partial charge in [-0.1, -0.05) is 20.3 Å². The zero-order valence-corrected chi connectivity index (χ0v) is 13.8. The molecule has 126 valence electrons. The highest BCUT2D eigenvalue weighted by atomic mass is 16.5. The maximum atomic E-state index is 12.5. The number of nitrogens with zero attached hydrogens (tertiary/aromatic N) is 1. The highest BCUT2D eigenvalue weighted by molar-refractivity contribution is 5.94. The molecule has 1 aliphatic rings. The van der Waals surface area contributed by atoms with Crippen LogP contribution in [0.15, 0.2) is 24.3 Å². The zero-order chi connectivity index (χ0) is 16.8. The lowest BCUT2D eigenvalue weighted by Gasteiger charge is -2.35. The summed E-state index contributed by atoms with van der Waals surface area (Å²) in [5.41, 5.74) is 0.619. The van der Waals surface area contributed by atoms with Crippen molar-refractivity contribution in [3.63, 3.8) is 0 Å². The molecule has 1 aromatic rings. The first-order chi connectivity index (χ1) is 11.0. The highest BCUT2D eigenvalue weighted by Gasteiger charge is 2.33. The molecule has 0 radical (unpaired) electrons. The van der Waals surface area contributed by atoms with Gasteiger partial charge >= 0.3 is 5.97 Å². The first-order valence-corrected chi connectivity index (χ1v) is 8.28. The molecular weight excluding hydrogens is 294 g/mol. The van der Waals surface area contributed by atoms with E-state index in [1.54, 1.807) is 17.0 Å². The summed E-state index contributed by atoms with van der Waals surface area (Å²) in [5, 5.41) is 9.15. The summed E-state index contributed by atoms with van der Waals surface area (Å²) in [7, 11) is 0. The summed E-state index contributed by atoms with van der Waals surface area (Å²) < 4.78 is 5.59. The monoisotopic (exact) mass is 319 g/mol. The minimum Gasteiger partial charge on any atom is -0.494 e. The van der Waals surface area contributed by atoms with E-state index in [0.29, 0.717) is 31.7 Å². The van der Waals surface area contributed by atoms with Gasteiger partial charge in [0.1, 0.15) is 5.75 Å². The van der Waals surface area contributed by atoms with Crippen molar-refractivity contribution < 1.29 is 19.4 Å². The Morgan fingerprint density at radius 1 is 1.30 bits per heavy atom. The van der Waals surface area contributed by atoms with Crippen LogP contribution in [0.1, 0.15) is 43.5 Å². The number of benzene rings is 1. The fourth-order valence-corrected chi connectivity index (χ4v) is 2.91. The quantitative estimate of drug-likeness (QED) is 0.818. The van der Waals surface area contributed by atoms with Crippen LogP contribution in [-0.4, -0.2) is 41.6 Å². The molecule has 1 aliphatic heterocycles. The lowest BCUT2D eigenvalue weighted by Crippen LogP contribution is -2.44. The molecule has 1 N–H and O–H groups in total. The van der Waals surface area contributed by atoms with Gasteiger partial charge in [-0.3, -0.25) is 9.59 Å². The van der Waals surface area contributed by atoms with Gasteiger partial charge in [-0.25, -0.2) is 0 Å². The molecule has 1 heterocycles. The minimum absolute atomic E-state index is 0.0261. The Bertz CT molecular complexity index is 540. The molecule has 0 aromatic heterocycles. The largest absolute Gasteiger partial charge is 0.494 e. The average Bonchev–Trinajstić information content (AvgIpc) is 2.54. The van der Waals surface area contributed by atoms with E-state index in [1.807, 2.05) is 19.1 Å². The van der Waals surface area contributed by atoms with Gasteiger partial charge in [-0.05, 0) is 43.0 Å². The Labute approximate surface area is 137 Å². The first-order valence-electron chi connectivity index (χ1n) is 8.28. The molecule has 23 heavy (non-hydrogen) atoms. The van der Waals surface area contributed by atoms with Crippen molar-refractivity contribution >= 4 is 11.9 Å². The number of hydrogen-bond acceptors (Lipinski definition) is 3. The van der Waals surface area contributed by atoms with Crippen LogP contribution >= 0.6 is 0 Å². The Kier molecular flexibility index (Phi) is 6.02. The highest BCUT2D eigenvalue weighted by Crippen LogP contribution is 2.25. The Morgan fingerprint density at radius 3 is 2.57 bits per heavy atom. The van der Waals surface area contributed by atoms with E-state index < -0.39 is 5.97 Å².